The van der Waals surface area contributed by atoms with E-state index in [2.05, 4.69) is 15.6 Å². The summed E-state index contributed by atoms with van der Waals surface area (Å²) in [6.07, 6.45) is 3.36. The van der Waals surface area contributed by atoms with Crippen molar-refractivity contribution in [3.8, 4) is 6.07 Å². The monoisotopic (exact) mass is 266 g/mol. The van der Waals surface area contributed by atoms with Crippen LogP contribution in [0.4, 0.5) is 10.5 Å². The van der Waals surface area contributed by atoms with Gasteiger partial charge in [-0.3, -0.25) is 4.98 Å². The van der Waals surface area contributed by atoms with Crippen molar-refractivity contribution in [1.29, 1.82) is 5.26 Å². The Labute approximate surface area is 117 Å². The summed E-state index contributed by atoms with van der Waals surface area (Å²) in [7, 11) is 0. The van der Waals surface area contributed by atoms with Crippen molar-refractivity contribution < 1.29 is 4.79 Å². The second-order valence-corrected chi connectivity index (χ2v) is 4.29. The van der Waals surface area contributed by atoms with Gasteiger partial charge in [0.05, 0.1) is 17.7 Å². The predicted molar refractivity (Wildman–Crippen MR) is 76.0 cm³/mol. The maximum atomic E-state index is 11.9. The molecular formula is C15H14N4O. The molecule has 1 aromatic carbocycles. The quantitative estimate of drug-likeness (QED) is 0.896. The van der Waals surface area contributed by atoms with E-state index < -0.39 is 0 Å². The first-order chi connectivity index (χ1) is 9.69. The maximum absolute atomic E-state index is 11.9. The van der Waals surface area contributed by atoms with Crippen molar-refractivity contribution in [1.82, 2.24) is 10.3 Å². The molecule has 1 heterocycles. The van der Waals surface area contributed by atoms with E-state index in [4.69, 9.17) is 5.26 Å². The minimum Gasteiger partial charge on any atom is -0.331 e. The number of rotatable bonds is 3. The molecule has 0 aliphatic carbocycles. The number of pyridine rings is 1. The molecule has 0 aliphatic heterocycles. The Hall–Kier alpha value is -2.87. The number of carbonyl (C=O) groups excluding carboxylic acids is 1. The first-order valence-electron chi connectivity index (χ1n) is 6.16. The molecule has 2 N–H and O–H groups in total. The third kappa shape index (κ3) is 3.56. The molecule has 0 radical (unpaired) electrons. The third-order valence-corrected chi connectivity index (χ3v) is 2.80. The second kappa shape index (κ2) is 6.34. The number of carbonyl (C=O) groups is 1. The molecule has 100 valence electrons. The summed E-state index contributed by atoms with van der Waals surface area (Å²) >= 11 is 0. The van der Waals surface area contributed by atoms with Crippen molar-refractivity contribution in [3.05, 3.63) is 59.9 Å². The van der Waals surface area contributed by atoms with Crippen LogP contribution in [0.25, 0.3) is 0 Å². The average Bonchev–Trinajstić information content (AvgIpc) is 2.48. The molecule has 5 heteroatoms. The number of hydrogen-bond donors (Lipinski definition) is 2. The smallest absolute Gasteiger partial charge is 0.319 e. The zero-order chi connectivity index (χ0) is 14.4. The molecule has 0 saturated heterocycles. The molecule has 0 fully saturated rings. The SMILES string of the molecule is C[C@H](NC(=O)Nc1cccc(C#N)c1)c1ccncc1. The Kier molecular flexibility index (Phi) is 4.30. The van der Waals surface area contributed by atoms with Gasteiger partial charge in [-0.05, 0) is 42.8 Å². The molecule has 5 nitrogen and oxygen atoms in total. The fourth-order valence-electron chi connectivity index (χ4n) is 1.77. The van der Waals surface area contributed by atoms with Crippen LogP contribution in [0.15, 0.2) is 48.8 Å². The summed E-state index contributed by atoms with van der Waals surface area (Å²) in [5.41, 5.74) is 2.06. The van der Waals surface area contributed by atoms with Gasteiger partial charge in [0, 0.05) is 18.1 Å². The fourth-order valence-corrected chi connectivity index (χ4v) is 1.77. The number of aromatic nitrogens is 1. The molecule has 0 spiro atoms. The minimum absolute atomic E-state index is 0.128. The highest BCUT2D eigenvalue weighted by atomic mass is 16.2. The lowest BCUT2D eigenvalue weighted by Gasteiger charge is -2.14. The van der Waals surface area contributed by atoms with Gasteiger partial charge in [0.1, 0.15) is 0 Å². The Morgan fingerprint density at radius 2 is 2.05 bits per heavy atom. The van der Waals surface area contributed by atoms with Crippen LogP contribution in [0.5, 0.6) is 0 Å². The lowest BCUT2D eigenvalue weighted by Crippen LogP contribution is -2.31. The van der Waals surface area contributed by atoms with Gasteiger partial charge in [0.2, 0.25) is 0 Å². The fraction of sp³-hybridized carbons (Fsp3) is 0.133. The largest absolute Gasteiger partial charge is 0.331 e. The van der Waals surface area contributed by atoms with E-state index in [9.17, 15) is 4.79 Å². The van der Waals surface area contributed by atoms with Crippen molar-refractivity contribution >= 4 is 11.7 Å². The van der Waals surface area contributed by atoms with E-state index in [1.165, 1.54) is 0 Å². The molecule has 0 aliphatic rings. The number of amides is 2. The van der Waals surface area contributed by atoms with Crippen molar-refractivity contribution in [2.75, 3.05) is 5.32 Å². The molecule has 0 bridgehead atoms. The van der Waals surface area contributed by atoms with Gasteiger partial charge < -0.3 is 10.6 Å². The van der Waals surface area contributed by atoms with E-state index in [-0.39, 0.29) is 12.1 Å². The van der Waals surface area contributed by atoms with E-state index >= 15 is 0 Å². The van der Waals surface area contributed by atoms with Gasteiger partial charge in [0.25, 0.3) is 0 Å². The summed E-state index contributed by atoms with van der Waals surface area (Å²) in [5.74, 6) is 0. The van der Waals surface area contributed by atoms with Crippen LogP contribution in [0, 0.1) is 11.3 Å². The first kappa shape index (κ1) is 13.6. The van der Waals surface area contributed by atoms with Crippen molar-refractivity contribution in [3.63, 3.8) is 0 Å². The zero-order valence-electron chi connectivity index (χ0n) is 11.0. The van der Waals surface area contributed by atoms with Crippen LogP contribution in [0.3, 0.4) is 0 Å². The lowest BCUT2D eigenvalue weighted by atomic mass is 10.1. The van der Waals surface area contributed by atoms with Crippen LogP contribution < -0.4 is 10.6 Å². The van der Waals surface area contributed by atoms with Crippen molar-refractivity contribution in [2.45, 2.75) is 13.0 Å². The normalized spacial score (nSPS) is 11.2. The lowest BCUT2D eigenvalue weighted by molar-refractivity contribution is 0.249. The van der Waals surface area contributed by atoms with E-state index in [1.807, 2.05) is 25.1 Å². The highest BCUT2D eigenvalue weighted by Crippen LogP contribution is 2.12. The molecule has 1 atom stereocenters. The summed E-state index contributed by atoms with van der Waals surface area (Å²) in [6, 6.07) is 12.0. The van der Waals surface area contributed by atoms with Gasteiger partial charge in [-0.2, -0.15) is 5.26 Å². The van der Waals surface area contributed by atoms with Gasteiger partial charge >= 0.3 is 6.03 Å². The number of hydrogen-bond acceptors (Lipinski definition) is 3. The van der Waals surface area contributed by atoms with Crippen LogP contribution in [-0.2, 0) is 0 Å². The second-order valence-electron chi connectivity index (χ2n) is 4.29. The Morgan fingerprint density at radius 3 is 2.75 bits per heavy atom. The summed E-state index contributed by atoms with van der Waals surface area (Å²) in [6.45, 7) is 1.89. The molecule has 0 saturated carbocycles. The minimum atomic E-state index is -0.315. The molecule has 0 unspecified atom stereocenters. The van der Waals surface area contributed by atoms with E-state index in [1.54, 1.807) is 36.7 Å². The zero-order valence-corrected chi connectivity index (χ0v) is 11.0. The maximum Gasteiger partial charge on any atom is 0.319 e. The first-order valence-corrected chi connectivity index (χ1v) is 6.16. The number of urea groups is 1. The topological polar surface area (TPSA) is 77.8 Å². The summed E-state index contributed by atoms with van der Waals surface area (Å²) < 4.78 is 0. The Morgan fingerprint density at radius 1 is 1.30 bits per heavy atom. The Balaban J connectivity index is 1.97. The molecule has 2 amide bonds. The summed E-state index contributed by atoms with van der Waals surface area (Å²) in [5, 5.41) is 14.3. The van der Waals surface area contributed by atoms with E-state index in [0.717, 1.165) is 5.56 Å². The number of nitrogens with zero attached hydrogens (tertiary/aromatic N) is 2. The average molecular weight is 266 g/mol. The highest BCUT2D eigenvalue weighted by molar-refractivity contribution is 5.89. The number of benzene rings is 1. The molecular weight excluding hydrogens is 252 g/mol. The number of nitrogens with one attached hydrogen (secondary N) is 2. The van der Waals surface area contributed by atoms with E-state index in [0.29, 0.717) is 11.3 Å². The van der Waals surface area contributed by atoms with Gasteiger partial charge in [-0.15, -0.1) is 0 Å². The highest BCUT2D eigenvalue weighted by Gasteiger charge is 2.09. The number of anilines is 1. The summed E-state index contributed by atoms with van der Waals surface area (Å²) in [4.78, 5) is 15.8. The molecule has 2 aromatic rings. The van der Waals surface area contributed by atoms with Crippen LogP contribution >= 0.6 is 0 Å². The van der Waals surface area contributed by atoms with Gasteiger partial charge in [-0.25, -0.2) is 4.79 Å². The van der Waals surface area contributed by atoms with Crippen LogP contribution in [0.2, 0.25) is 0 Å². The van der Waals surface area contributed by atoms with Crippen molar-refractivity contribution in [2.24, 2.45) is 0 Å². The van der Waals surface area contributed by atoms with Gasteiger partial charge in [-0.1, -0.05) is 6.07 Å². The van der Waals surface area contributed by atoms with Crippen LogP contribution in [-0.4, -0.2) is 11.0 Å². The standard InChI is InChI=1S/C15H14N4O/c1-11(13-5-7-17-8-6-13)18-15(20)19-14-4-2-3-12(9-14)10-16/h2-9,11H,1H3,(H2,18,19,20)/t11-/m0/s1. The predicted octanol–water partition coefficient (Wildman–Crippen LogP) is 2.84. The number of nitriles is 1. The van der Waals surface area contributed by atoms with Gasteiger partial charge in [0.15, 0.2) is 0 Å². The third-order valence-electron chi connectivity index (χ3n) is 2.80. The van der Waals surface area contributed by atoms with Crippen LogP contribution in [0.1, 0.15) is 24.1 Å². The molecule has 2 rings (SSSR count). The Bertz CT molecular complexity index is 634. The molecule has 20 heavy (non-hydrogen) atoms. The molecule has 1 aromatic heterocycles.